The van der Waals surface area contributed by atoms with Crippen LogP contribution in [0.1, 0.15) is 38.9 Å². The van der Waals surface area contributed by atoms with Crippen LogP contribution in [0, 0.1) is 13.8 Å². The molecule has 0 bridgehead atoms. The molecular weight excluding hydrogens is 333 g/mol. The van der Waals surface area contributed by atoms with Crippen molar-refractivity contribution in [3.8, 4) is 0 Å². The zero-order valence-corrected chi connectivity index (χ0v) is 14.5. The average molecular weight is 354 g/mol. The number of hydrogen-bond donors (Lipinski definition) is 2. The van der Waals surface area contributed by atoms with Gasteiger partial charge in [0, 0.05) is 37.5 Å². The molecular formula is C17H21F3N4O. The van der Waals surface area contributed by atoms with Gasteiger partial charge in [0.25, 0.3) is 5.91 Å². The van der Waals surface area contributed by atoms with E-state index >= 15 is 0 Å². The minimum Gasteiger partial charge on any atom is -0.355 e. The lowest BCUT2D eigenvalue weighted by atomic mass is 10.0. The summed E-state index contributed by atoms with van der Waals surface area (Å²) in [6.07, 6.45) is -4.44. The largest absolute Gasteiger partial charge is 0.408 e. The fourth-order valence-corrected chi connectivity index (χ4v) is 2.73. The van der Waals surface area contributed by atoms with Gasteiger partial charge in [0.05, 0.1) is 5.69 Å². The molecule has 1 heterocycles. The fourth-order valence-electron chi connectivity index (χ4n) is 2.73. The van der Waals surface area contributed by atoms with Crippen LogP contribution in [0.3, 0.4) is 0 Å². The molecule has 1 aromatic carbocycles. The lowest BCUT2D eigenvalue weighted by Gasteiger charge is -2.22. The average Bonchev–Trinajstić information content (AvgIpc) is 2.80. The van der Waals surface area contributed by atoms with E-state index in [9.17, 15) is 18.0 Å². The Morgan fingerprint density at radius 3 is 2.28 bits per heavy atom. The third-order valence-electron chi connectivity index (χ3n) is 4.13. The predicted octanol–water partition coefficient (Wildman–Crippen LogP) is 2.79. The molecule has 2 N–H and O–H groups in total. The number of aryl methyl sites for hydroxylation is 2. The summed E-state index contributed by atoms with van der Waals surface area (Å²) >= 11 is 0. The minimum atomic E-state index is -4.44. The van der Waals surface area contributed by atoms with Crippen molar-refractivity contribution in [2.45, 2.75) is 32.6 Å². The molecule has 0 radical (unpaired) electrons. The normalized spacial score (nSPS) is 12.9. The van der Waals surface area contributed by atoms with Crippen molar-refractivity contribution in [3.05, 3.63) is 52.3 Å². The van der Waals surface area contributed by atoms with E-state index in [-0.39, 0.29) is 18.0 Å². The number of carbonyl (C=O) groups is 1. The van der Waals surface area contributed by atoms with Crippen molar-refractivity contribution >= 4 is 5.91 Å². The molecule has 8 heteroatoms. The van der Waals surface area contributed by atoms with Crippen LogP contribution in [0.2, 0.25) is 0 Å². The van der Waals surface area contributed by atoms with E-state index in [0.717, 1.165) is 0 Å². The maximum atomic E-state index is 13.5. The Hall–Kier alpha value is -2.35. The van der Waals surface area contributed by atoms with Crippen LogP contribution >= 0.6 is 0 Å². The van der Waals surface area contributed by atoms with Crippen molar-refractivity contribution in [1.82, 2.24) is 20.4 Å². The standard InChI is InChI=1S/C17H21F3N4O/c1-10-14(11(2)24(4)23-10)15(17(18,19)20)22-9-12-5-7-13(8-6-12)16(25)21-3/h5-8,15,22H,9H2,1-4H3,(H,21,25)/t15-/m1/s1. The third kappa shape index (κ3) is 4.19. The quantitative estimate of drug-likeness (QED) is 0.868. The molecule has 0 spiro atoms. The Labute approximate surface area is 144 Å². The summed E-state index contributed by atoms with van der Waals surface area (Å²) in [5.41, 5.74) is 2.09. The molecule has 0 unspecified atom stereocenters. The molecule has 25 heavy (non-hydrogen) atoms. The summed E-state index contributed by atoms with van der Waals surface area (Å²) in [5.74, 6) is -0.241. The Balaban J connectivity index is 2.20. The lowest BCUT2D eigenvalue weighted by molar-refractivity contribution is -0.158. The topological polar surface area (TPSA) is 59.0 Å². The van der Waals surface area contributed by atoms with E-state index in [1.54, 1.807) is 45.2 Å². The first-order valence-corrected chi connectivity index (χ1v) is 7.76. The number of nitrogens with one attached hydrogen (secondary N) is 2. The number of amides is 1. The molecule has 0 saturated heterocycles. The van der Waals surface area contributed by atoms with Gasteiger partial charge in [0.15, 0.2) is 0 Å². The summed E-state index contributed by atoms with van der Waals surface area (Å²) in [5, 5.41) is 9.14. The van der Waals surface area contributed by atoms with E-state index in [2.05, 4.69) is 15.7 Å². The van der Waals surface area contributed by atoms with Crippen molar-refractivity contribution in [2.75, 3.05) is 7.05 Å². The van der Waals surface area contributed by atoms with Gasteiger partial charge >= 0.3 is 6.18 Å². The second kappa shape index (κ2) is 7.26. The summed E-state index contributed by atoms with van der Waals surface area (Å²) in [6, 6.07) is 4.62. The predicted molar refractivity (Wildman–Crippen MR) is 88.1 cm³/mol. The van der Waals surface area contributed by atoms with E-state index in [0.29, 0.717) is 22.5 Å². The number of hydrogen-bond acceptors (Lipinski definition) is 3. The van der Waals surface area contributed by atoms with Gasteiger partial charge in [-0.2, -0.15) is 18.3 Å². The van der Waals surface area contributed by atoms with Gasteiger partial charge in [-0.25, -0.2) is 0 Å². The van der Waals surface area contributed by atoms with Crippen LogP contribution in [0.15, 0.2) is 24.3 Å². The summed E-state index contributed by atoms with van der Waals surface area (Å²) in [4.78, 5) is 11.5. The Morgan fingerprint density at radius 2 is 1.84 bits per heavy atom. The van der Waals surface area contributed by atoms with Crippen LogP contribution in [0.25, 0.3) is 0 Å². The van der Waals surface area contributed by atoms with Crippen LogP contribution in [0.5, 0.6) is 0 Å². The van der Waals surface area contributed by atoms with Crippen molar-refractivity contribution in [2.24, 2.45) is 7.05 Å². The highest BCUT2D eigenvalue weighted by atomic mass is 19.4. The Kier molecular flexibility index (Phi) is 5.52. The van der Waals surface area contributed by atoms with Gasteiger partial charge in [-0.1, -0.05) is 12.1 Å². The van der Waals surface area contributed by atoms with Gasteiger partial charge in [-0.15, -0.1) is 0 Å². The van der Waals surface area contributed by atoms with Crippen molar-refractivity contribution < 1.29 is 18.0 Å². The van der Waals surface area contributed by atoms with Crippen LogP contribution in [-0.4, -0.2) is 28.9 Å². The number of carbonyl (C=O) groups excluding carboxylic acids is 1. The van der Waals surface area contributed by atoms with E-state index in [1.807, 2.05) is 0 Å². The Bertz CT molecular complexity index is 750. The number of nitrogens with zero attached hydrogens (tertiary/aromatic N) is 2. The van der Waals surface area contributed by atoms with Gasteiger partial charge in [0.1, 0.15) is 6.04 Å². The monoisotopic (exact) mass is 354 g/mol. The fraction of sp³-hybridized carbons (Fsp3) is 0.412. The second-order valence-corrected chi connectivity index (χ2v) is 5.84. The summed E-state index contributed by atoms with van der Waals surface area (Å²) in [6.45, 7) is 3.21. The number of halogens is 3. The number of rotatable bonds is 5. The molecule has 2 aromatic rings. The molecule has 2 rings (SSSR count). The first kappa shape index (κ1) is 19.0. The smallest absolute Gasteiger partial charge is 0.355 e. The van der Waals surface area contributed by atoms with Gasteiger partial charge in [-0.05, 0) is 31.5 Å². The van der Waals surface area contributed by atoms with E-state index in [4.69, 9.17) is 0 Å². The van der Waals surface area contributed by atoms with Gasteiger partial charge in [-0.3, -0.25) is 14.8 Å². The molecule has 1 amide bonds. The highest BCUT2D eigenvalue weighted by molar-refractivity contribution is 5.93. The molecule has 0 aliphatic rings. The first-order chi connectivity index (χ1) is 11.6. The summed E-state index contributed by atoms with van der Waals surface area (Å²) in [7, 11) is 3.14. The van der Waals surface area contributed by atoms with Crippen LogP contribution in [0.4, 0.5) is 13.2 Å². The zero-order valence-electron chi connectivity index (χ0n) is 14.5. The molecule has 0 saturated carbocycles. The van der Waals surface area contributed by atoms with Crippen LogP contribution in [-0.2, 0) is 13.6 Å². The zero-order chi connectivity index (χ0) is 18.8. The lowest BCUT2D eigenvalue weighted by Crippen LogP contribution is -2.34. The molecule has 5 nitrogen and oxygen atoms in total. The molecule has 0 aliphatic carbocycles. The SMILES string of the molecule is CNC(=O)c1ccc(CN[C@H](c2c(C)nn(C)c2C)C(F)(F)F)cc1. The van der Waals surface area contributed by atoms with Crippen LogP contribution < -0.4 is 10.6 Å². The first-order valence-electron chi connectivity index (χ1n) is 7.76. The Morgan fingerprint density at radius 1 is 1.24 bits per heavy atom. The summed E-state index contributed by atoms with van der Waals surface area (Å²) < 4.78 is 42.1. The van der Waals surface area contributed by atoms with Crippen molar-refractivity contribution in [1.29, 1.82) is 0 Å². The number of benzene rings is 1. The highest BCUT2D eigenvalue weighted by Gasteiger charge is 2.43. The highest BCUT2D eigenvalue weighted by Crippen LogP contribution is 2.36. The molecule has 0 aliphatic heterocycles. The van der Waals surface area contributed by atoms with Crippen molar-refractivity contribution in [3.63, 3.8) is 0 Å². The van der Waals surface area contributed by atoms with Gasteiger partial charge < -0.3 is 5.32 Å². The third-order valence-corrected chi connectivity index (χ3v) is 4.13. The minimum absolute atomic E-state index is 0.0198. The van der Waals surface area contributed by atoms with Gasteiger partial charge in [0.2, 0.25) is 0 Å². The molecule has 1 atom stereocenters. The van der Waals surface area contributed by atoms with E-state index in [1.165, 1.54) is 11.7 Å². The molecule has 1 aromatic heterocycles. The van der Waals surface area contributed by atoms with E-state index < -0.39 is 12.2 Å². The molecule has 136 valence electrons. The number of aromatic nitrogens is 2. The maximum absolute atomic E-state index is 13.5. The number of alkyl halides is 3. The maximum Gasteiger partial charge on any atom is 0.408 e. The second-order valence-electron chi connectivity index (χ2n) is 5.84. The molecule has 0 fully saturated rings.